The van der Waals surface area contributed by atoms with Crippen LogP contribution in [0.4, 0.5) is 4.39 Å². The summed E-state index contributed by atoms with van der Waals surface area (Å²) in [5.41, 5.74) is -0.410. The highest BCUT2D eigenvalue weighted by Crippen LogP contribution is 2.27. The number of ether oxygens (including phenoxy) is 1. The van der Waals surface area contributed by atoms with Crippen LogP contribution in [0.15, 0.2) is 28.8 Å². The molecule has 1 fully saturated rings. The molecule has 1 amide bonds. The molecule has 0 radical (unpaired) electrons. The fourth-order valence-corrected chi connectivity index (χ4v) is 3.64. The largest absolute Gasteiger partial charge is 0.497 e. The number of hydrogen-bond acceptors (Lipinski definition) is 6. The number of aromatic nitrogens is 1. The topological polar surface area (TPSA) is 79.0 Å². The molecule has 1 aliphatic heterocycles. The van der Waals surface area contributed by atoms with E-state index in [4.69, 9.17) is 9.26 Å². The van der Waals surface area contributed by atoms with Crippen molar-refractivity contribution in [1.82, 2.24) is 15.0 Å². The number of likely N-dealkylation sites (N-methyl/N-ethyl adjacent to an activating group) is 1. The molecular weight excluding hydrogens is 365 g/mol. The molecule has 1 atom stereocenters. The van der Waals surface area contributed by atoms with Crippen LogP contribution in [0.1, 0.15) is 29.9 Å². The molecule has 1 aromatic carbocycles. The number of carbonyl (C=O) groups excluding carboxylic acids is 1. The number of methoxy groups -OCH3 is 1. The Balaban J connectivity index is 1.68. The number of carbonyl (C=O) groups is 1. The molecule has 8 heteroatoms. The third-order valence-corrected chi connectivity index (χ3v) is 4.96. The summed E-state index contributed by atoms with van der Waals surface area (Å²) in [4.78, 5) is 16.3. The van der Waals surface area contributed by atoms with Crippen molar-refractivity contribution in [2.75, 3.05) is 27.2 Å². The van der Waals surface area contributed by atoms with Crippen molar-refractivity contribution in [2.24, 2.45) is 0 Å². The van der Waals surface area contributed by atoms with Crippen molar-refractivity contribution >= 4 is 5.91 Å². The number of aliphatic hydroxyl groups is 1. The van der Waals surface area contributed by atoms with E-state index in [-0.39, 0.29) is 19.0 Å². The Morgan fingerprint density at radius 2 is 2.21 bits per heavy atom. The van der Waals surface area contributed by atoms with Crippen LogP contribution in [0.3, 0.4) is 0 Å². The van der Waals surface area contributed by atoms with Crippen molar-refractivity contribution < 1.29 is 23.6 Å². The summed E-state index contributed by atoms with van der Waals surface area (Å²) in [6.07, 6.45) is 1.01. The zero-order chi connectivity index (χ0) is 20.3. The van der Waals surface area contributed by atoms with Gasteiger partial charge in [0.1, 0.15) is 17.3 Å². The van der Waals surface area contributed by atoms with E-state index in [1.54, 1.807) is 6.07 Å². The maximum atomic E-state index is 14.2. The lowest BCUT2D eigenvalue weighted by Crippen LogP contribution is -2.57. The van der Waals surface area contributed by atoms with Crippen LogP contribution in [0, 0.1) is 12.7 Å². The minimum Gasteiger partial charge on any atom is -0.497 e. The van der Waals surface area contributed by atoms with E-state index < -0.39 is 11.4 Å². The maximum absolute atomic E-state index is 14.2. The van der Waals surface area contributed by atoms with Crippen molar-refractivity contribution in [2.45, 2.75) is 38.5 Å². The summed E-state index contributed by atoms with van der Waals surface area (Å²) in [6.45, 7) is 3.00. The van der Waals surface area contributed by atoms with Crippen LogP contribution in [-0.2, 0) is 17.9 Å². The molecule has 1 N–H and O–H groups in total. The van der Waals surface area contributed by atoms with Gasteiger partial charge < -0.3 is 19.3 Å². The summed E-state index contributed by atoms with van der Waals surface area (Å²) in [5, 5.41) is 15.0. The number of hydrogen-bond donors (Lipinski definition) is 1. The van der Waals surface area contributed by atoms with Crippen molar-refractivity contribution in [3.8, 4) is 5.75 Å². The minimum absolute atomic E-state index is 0.0936. The Labute approximate surface area is 163 Å². The van der Waals surface area contributed by atoms with Crippen LogP contribution >= 0.6 is 0 Å². The van der Waals surface area contributed by atoms with Crippen molar-refractivity contribution in [3.05, 3.63) is 47.1 Å². The van der Waals surface area contributed by atoms with Crippen LogP contribution in [0.25, 0.3) is 0 Å². The Morgan fingerprint density at radius 1 is 1.43 bits per heavy atom. The molecule has 0 unspecified atom stereocenters. The van der Waals surface area contributed by atoms with E-state index in [2.05, 4.69) is 5.16 Å². The third kappa shape index (κ3) is 4.51. The van der Waals surface area contributed by atoms with Gasteiger partial charge in [-0.15, -0.1) is 0 Å². The van der Waals surface area contributed by atoms with E-state index in [0.717, 1.165) is 5.69 Å². The number of aryl methyl sites for hydroxylation is 1. The van der Waals surface area contributed by atoms with Gasteiger partial charge in [-0.3, -0.25) is 9.69 Å². The highest BCUT2D eigenvalue weighted by molar-refractivity contribution is 5.86. The lowest BCUT2D eigenvalue weighted by Gasteiger charge is -2.40. The Morgan fingerprint density at radius 3 is 2.89 bits per heavy atom. The van der Waals surface area contributed by atoms with Crippen molar-refractivity contribution in [3.63, 3.8) is 0 Å². The third-order valence-electron chi connectivity index (χ3n) is 4.96. The fraction of sp³-hybridized carbons (Fsp3) is 0.500. The number of piperidine rings is 1. The summed E-state index contributed by atoms with van der Waals surface area (Å²) in [6, 6.07) is 6.26. The highest BCUT2D eigenvalue weighted by atomic mass is 19.1. The quantitative estimate of drug-likeness (QED) is 0.779. The molecule has 1 aromatic heterocycles. The molecule has 7 nitrogen and oxygen atoms in total. The number of amides is 1. The van der Waals surface area contributed by atoms with Crippen LogP contribution in [0.2, 0.25) is 0 Å². The highest BCUT2D eigenvalue weighted by Gasteiger charge is 2.43. The predicted molar refractivity (Wildman–Crippen MR) is 100 cm³/mol. The Kier molecular flexibility index (Phi) is 6.00. The first-order valence-electron chi connectivity index (χ1n) is 9.25. The standard InChI is InChI=1S/C20H26FN3O4/c1-14-9-16(22-28-14)12-23(2)13-20(26)7-4-8-24(19(20)25)11-15-10-17(27-3)5-6-18(15)21/h5-6,9-10,26H,4,7-8,11-13H2,1-3H3/t20-/m1/s1. The van der Waals surface area contributed by atoms with E-state index in [0.29, 0.717) is 43.0 Å². The van der Waals surface area contributed by atoms with Gasteiger partial charge >= 0.3 is 0 Å². The first kappa shape index (κ1) is 20.3. The van der Waals surface area contributed by atoms with Gasteiger partial charge in [0, 0.05) is 37.8 Å². The molecule has 0 aliphatic carbocycles. The van der Waals surface area contributed by atoms with Gasteiger partial charge in [-0.05, 0) is 45.0 Å². The summed E-state index contributed by atoms with van der Waals surface area (Å²) < 4.78 is 24.3. The average molecular weight is 391 g/mol. The molecule has 0 bridgehead atoms. The number of likely N-dealkylation sites (tertiary alicyclic amines) is 1. The predicted octanol–water partition coefficient (Wildman–Crippen LogP) is 2.12. The van der Waals surface area contributed by atoms with Gasteiger partial charge in [-0.1, -0.05) is 5.16 Å². The number of rotatable bonds is 7. The summed E-state index contributed by atoms with van der Waals surface area (Å²) in [5.74, 6) is 0.450. The second-order valence-corrected chi connectivity index (χ2v) is 7.42. The molecule has 0 spiro atoms. The van der Waals surface area contributed by atoms with Crippen molar-refractivity contribution in [1.29, 1.82) is 0 Å². The maximum Gasteiger partial charge on any atom is 0.256 e. The summed E-state index contributed by atoms with van der Waals surface area (Å²) in [7, 11) is 3.32. The first-order valence-corrected chi connectivity index (χ1v) is 9.25. The Bertz CT molecular complexity index is 841. The van der Waals surface area contributed by atoms with Gasteiger partial charge in [-0.25, -0.2) is 4.39 Å². The monoisotopic (exact) mass is 391 g/mol. The molecule has 2 aromatic rings. The molecule has 152 valence electrons. The van der Waals surface area contributed by atoms with Gasteiger partial charge in [0.25, 0.3) is 5.91 Å². The van der Waals surface area contributed by atoms with Crippen LogP contribution in [-0.4, -0.2) is 58.8 Å². The fourth-order valence-electron chi connectivity index (χ4n) is 3.64. The van der Waals surface area contributed by atoms with Gasteiger partial charge in [0.15, 0.2) is 5.60 Å². The molecule has 3 rings (SSSR count). The van der Waals surface area contributed by atoms with E-state index >= 15 is 0 Å². The smallest absolute Gasteiger partial charge is 0.256 e. The number of halogens is 1. The molecule has 2 heterocycles. The molecular formula is C20H26FN3O4. The first-order chi connectivity index (χ1) is 13.3. The molecule has 28 heavy (non-hydrogen) atoms. The zero-order valence-corrected chi connectivity index (χ0v) is 16.4. The van der Waals surface area contributed by atoms with Crippen LogP contribution < -0.4 is 4.74 Å². The molecule has 1 aliphatic rings. The van der Waals surface area contributed by atoms with Gasteiger partial charge in [0.2, 0.25) is 0 Å². The molecule has 0 saturated carbocycles. The lowest BCUT2D eigenvalue weighted by atomic mass is 9.90. The van der Waals surface area contributed by atoms with Gasteiger partial charge in [0.05, 0.1) is 12.8 Å². The SMILES string of the molecule is COc1ccc(F)c(CN2CCC[C@@](O)(CN(C)Cc3cc(C)on3)C2=O)c1. The Hall–Kier alpha value is -2.45. The molecule has 1 saturated heterocycles. The van der Waals surface area contributed by atoms with Crippen LogP contribution in [0.5, 0.6) is 5.75 Å². The van der Waals surface area contributed by atoms with E-state index in [1.165, 1.54) is 24.1 Å². The zero-order valence-electron chi connectivity index (χ0n) is 16.4. The van der Waals surface area contributed by atoms with Gasteiger partial charge in [-0.2, -0.15) is 0 Å². The van der Waals surface area contributed by atoms with E-state index in [9.17, 15) is 14.3 Å². The second kappa shape index (κ2) is 8.28. The number of nitrogens with zero attached hydrogens (tertiary/aromatic N) is 3. The van der Waals surface area contributed by atoms with E-state index in [1.807, 2.05) is 24.9 Å². The second-order valence-electron chi connectivity index (χ2n) is 7.42. The normalized spacial score (nSPS) is 20.1. The lowest BCUT2D eigenvalue weighted by molar-refractivity contribution is -0.160. The average Bonchev–Trinajstić information content (AvgIpc) is 3.05. The minimum atomic E-state index is -1.51. The number of benzene rings is 1. The summed E-state index contributed by atoms with van der Waals surface area (Å²) >= 11 is 0.